The molecular formula is C15H17N3O2S. The number of amides is 2. The van der Waals surface area contributed by atoms with Gasteiger partial charge in [0, 0.05) is 12.3 Å². The molecule has 1 heterocycles. The highest BCUT2D eigenvalue weighted by Gasteiger charge is 2.12. The van der Waals surface area contributed by atoms with Crippen molar-refractivity contribution in [2.75, 3.05) is 5.32 Å². The lowest BCUT2D eigenvalue weighted by atomic mass is 10.1. The van der Waals surface area contributed by atoms with Crippen molar-refractivity contribution in [3.05, 3.63) is 47.0 Å². The SMILES string of the molecule is CC(=O)Nc1nc(CC(=O)NC(C)c2ccccc2)cs1. The predicted molar refractivity (Wildman–Crippen MR) is 83.1 cm³/mol. The molecule has 0 aliphatic heterocycles. The molecule has 1 unspecified atom stereocenters. The molecule has 1 aromatic heterocycles. The largest absolute Gasteiger partial charge is 0.349 e. The summed E-state index contributed by atoms with van der Waals surface area (Å²) in [5.41, 5.74) is 1.71. The van der Waals surface area contributed by atoms with E-state index in [2.05, 4.69) is 15.6 Å². The standard InChI is InChI=1S/C15H17N3O2S/c1-10(12-6-4-3-5-7-12)16-14(20)8-13-9-21-15(18-13)17-11(2)19/h3-7,9-10H,8H2,1-2H3,(H,16,20)(H,17,18,19). The third kappa shape index (κ3) is 4.68. The van der Waals surface area contributed by atoms with E-state index in [9.17, 15) is 9.59 Å². The lowest BCUT2D eigenvalue weighted by Gasteiger charge is -2.13. The van der Waals surface area contributed by atoms with E-state index in [1.807, 2.05) is 37.3 Å². The van der Waals surface area contributed by atoms with Crippen molar-refractivity contribution in [3.8, 4) is 0 Å². The van der Waals surface area contributed by atoms with Gasteiger partial charge in [0.15, 0.2) is 5.13 Å². The van der Waals surface area contributed by atoms with Crippen molar-refractivity contribution in [1.29, 1.82) is 0 Å². The number of carbonyl (C=O) groups is 2. The fourth-order valence-electron chi connectivity index (χ4n) is 1.88. The molecule has 2 amide bonds. The number of nitrogens with zero attached hydrogens (tertiary/aromatic N) is 1. The maximum Gasteiger partial charge on any atom is 0.226 e. The maximum atomic E-state index is 12.0. The Labute approximate surface area is 127 Å². The number of anilines is 1. The average molecular weight is 303 g/mol. The summed E-state index contributed by atoms with van der Waals surface area (Å²) >= 11 is 1.31. The van der Waals surface area contributed by atoms with Crippen molar-refractivity contribution in [2.45, 2.75) is 26.3 Å². The van der Waals surface area contributed by atoms with Crippen molar-refractivity contribution in [1.82, 2.24) is 10.3 Å². The minimum Gasteiger partial charge on any atom is -0.349 e. The lowest BCUT2D eigenvalue weighted by Crippen LogP contribution is -2.28. The highest BCUT2D eigenvalue weighted by atomic mass is 32.1. The van der Waals surface area contributed by atoms with E-state index < -0.39 is 0 Å². The molecule has 2 aromatic rings. The molecule has 110 valence electrons. The second kappa shape index (κ2) is 6.99. The highest BCUT2D eigenvalue weighted by molar-refractivity contribution is 7.13. The van der Waals surface area contributed by atoms with Gasteiger partial charge in [0.1, 0.15) is 0 Å². The van der Waals surface area contributed by atoms with Gasteiger partial charge < -0.3 is 10.6 Å². The molecule has 0 radical (unpaired) electrons. The molecule has 0 aliphatic carbocycles. The first-order valence-corrected chi connectivity index (χ1v) is 7.49. The number of thiazole rings is 1. The van der Waals surface area contributed by atoms with Crippen molar-refractivity contribution in [3.63, 3.8) is 0 Å². The zero-order valence-electron chi connectivity index (χ0n) is 11.9. The second-order valence-corrected chi connectivity index (χ2v) is 5.56. The maximum absolute atomic E-state index is 12.0. The van der Waals surface area contributed by atoms with Crippen molar-refractivity contribution in [2.24, 2.45) is 0 Å². The molecule has 1 atom stereocenters. The van der Waals surface area contributed by atoms with E-state index in [-0.39, 0.29) is 24.3 Å². The first-order chi connectivity index (χ1) is 10.0. The van der Waals surface area contributed by atoms with Crippen LogP contribution in [-0.2, 0) is 16.0 Å². The van der Waals surface area contributed by atoms with Crippen molar-refractivity contribution >= 4 is 28.3 Å². The van der Waals surface area contributed by atoms with Crippen LogP contribution in [-0.4, -0.2) is 16.8 Å². The molecule has 0 saturated heterocycles. The summed E-state index contributed by atoms with van der Waals surface area (Å²) in [5, 5.41) is 7.83. The molecule has 0 bridgehead atoms. The summed E-state index contributed by atoms with van der Waals surface area (Å²) in [7, 11) is 0. The van der Waals surface area contributed by atoms with Crippen LogP contribution in [0.3, 0.4) is 0 Å². The Morgan fingerprint density at radius 1 is 1.29 bits per heavy atom. The smallest absolute Gasteiger partial charge is 0.226 e. The van der Waals surface area contributed by atoms with Crippen molar-refractivity contribution < 1.29 is 9.59 Å². The van der Waals surface area contributed by atoms with E-state index in [4.69, 9.17) is 0 Å². The molecule has 0 saturated carbocycles. The van der Waals surface area contributed by atoms with Crippen LogP contribution in [0.2, 0.25) is 0 Å². The molecule has 0 fully saturated rings. The quantitative estimate of drug-likeness (QED) is 0.891. The van der Waals surface area contributed by atoms with Gasteiger partial charge in [0.25, 0.3) is 0 Å². The van der Waals surface area contributed by atoms with Gasteiger partial charge in [0.2, 0.25) is 11.8 Å². The molecule has 2 rings (SSSR count). The Morgan fingerprint density at radius 2 is 2.00 bits per heavy atom. The number of carbonyl (C=O) groups excluding carboxylic acids is 2. The van der Waals surface area contributed by atoms with Gasteiger partial charge in [0.05, 0.1) is 18.2 Å². The number of benzene rings is 1. The Hall–Kier alpha value is -2.21. The average Bonchev–Trinajstić information content (AvgIpc) is 2.85. The summed E-state index contributed by atoms with van der Waals surface area (Å²) in [6, 6.07) is 9.73. The Morgan fingerprint density at radius 3 is 2.67 bits per heavy atom. The Bertz CT molecular complexity index is 625. The van der Waals surface area contributed by atoms with Gasteiger partial charge in [-0.15, -0.1) is 11.3 Å². The Balaban J connectivity index is 1.89. The fourth-order valence-corrected chi connectivity index (χ4v) is 2.63. The Kier molecular flexibility index (Phi) is 5.05. The van der Waals surface area contributed by atoms with Crippen LogP contribution in [0.5, 0.6) is 0 Å². The highest BCUT2D eigenvalue weighted by Crippen LogP contribution is 2.16. The number of rotatable bonds is 5. The number of hydrogen-bond acceptors (Lipinski definition) is 4. The predicted octanol–water partition coefficient (Wildman–Crippen LogP) is 2.52. The molecule has 0 aliphatic rings. The number of hydrogen-bond donors (Lipinski definition) is 2. The molecule has 21 heavy (non-hydrogen) atoms. The number of nitrogens with one attached hydrogen (secondary N) is 2. The van der Waals surface area contributed by atoms with E-state index >= 15 is 0 Å². The molecule has 5 nitrogen and oxygen atoms in total. The van der Waals surface area contributed by atoms with Crippen LogP contribution in [0.4, 0.5) is 5.13 Å². The summed E-state index contributed by atoms with van der Waals surface area (Å²) in [6.45, 7) is 3.37. The summed E-state index contributed by atoms with van der Waals surface area (Å²) < 4.78 is 0. The van der Waals surface area contributed by atoms with Crippen LogP contribution in [0.15, 0.2) is 35.7 Å². The zero-order valence-corrected chi connectivity index (χ0v) is 12.7. The van der Waals surface area contributed by atoms with Crippen LogP contribution in [0.25, 0.3) is 0 Å². The normalized spacial score (nSPS) is 11.7. The minimum absolute atomic E-state index is 0.0489. The summed E-state index contributed by atoms with van der Waals surface area (Å²) in [5.74, 6) is -0.260. The topological polar surface area (TPSA) is 71.1 Å². The molecule has 1 aromatic carbocycles. The van der Waals surface area contributed by atoms with Crippen LogP contribution >= 0.6 is 11.3 Å². The molecular weight excluding hydrogens is 286 g/mol. The zero-order chi connectivity index (χ0) is 15.2. The minimum atomic E-state index is -0.168. The third-order valence-corrected chi connectivity index (χ3v) is 3.66. The second-order valence-electron chi connectivity index (χ2n) is 4.70. The molecule has 6 heteroatoms. The van der Waals surface area contributed by atoms with Gasteiger partial charge in [-0.05, 0) is 12.5 Å². The van der Waals surface area contributed by atoms with Gasteiger partial charge >= 0.3 is 0 Å². The van der Waals surface area contributed by atoms with E-state index in [0.29, 0.717) is 10.8 Å². The van der Waals surface area contributed by atoms with E-state index in [1.54, 1.807) is 5.38 Å². The summed E-state index contributed by atoms with van der Waals surface area (Å²) in [6.07, 6.45) is 0.202. The lowest BCUT2D eigenvalue weighted by molar-refractivity contribution is -0.121. The van der Waals surface area contributed by atoms with E-state index in [0.717, 1.165) is 5.56 Å². The first-order valence-electron chi connectivity index (χ1n) is 6.61. The van der Waals surface area contributed by atoms with Crippen LogP contribution in [0, 0.1) is 0 Å². The molecule has 0 spiro atoms. The number of aromatic nitrogens is 1. The third-order valence-electron chi connectivity index (χ3n) is 2.85. The van der Waals surface area contributed by atoms with Crippen LogP contribution < -0.4 is 10.6 Å². The van der Waals surface area contributed by atoms with Gasteiger partial charge in [-0.3, -0.25) is 9.59 Å². The van der Waals surface area contributed by atoms with Gasteiger partial charge in [-0.2, -0.15) is 0 Å². The monoisotopic (exact) mass is 303 g/mol. The van der Waals surface area contributed by atoms with E-state index in [1.165, 1.54) is 18.3 Å². The molecule has 2 N–H and O–H groups in total. The van der Waals surface area contributed by atoms with Gasteiger partial charge in [-0.25, -0.2) is 4.98 Å². The van der Waals surface area contributed by atoms with Gasteiger partial charge in [-0.1, -0.05) is 30.3 Å². The first kappa shape index (κ1) is 15.2. The fraction of sp³-hybridized carbons (Fsp3) is 0.267. The van der Waals surface area contributed by atoms with Crippen LogP contribution in [0.1, 0.15) is 31.1 Å². The summed E-state index contributed by atoms with van der Waals surface area (Å²) in [4.78, 5) is 27.1.